The molecule has 0 radical (unpaired) electrons. The van der Waals surface area contributed by atoms with Crippen LogP contribution in [0.5, 0.6) is 0 Å². The zero-order valence-corrected chi connectivity index (χ0v) is 16.6. The van der Waals surface area contributed by atoms with Gasteiger partial charge in [0.1, 0.15) is 6.04 Å². The van der Waals surface area contributed by atoms with Crippen molar-refractivity contribution >= 4 is 11.8 Å². The van der Waals surface area contributed by atoms with Crippen LogP contribution in [-0.2, 0) is 11.3 Å². The van der Waals surface area contributed by atoms with Crippen molar-refractivity contribution in [3.8, 4) is 6.07 Å². The Morgan fingerprint density at radius 2 is 1.73 bits per heavy atom. The number of nitriles is 1. The number of carbonyl (C=O) groups is 2. The highest BCUT2D eigenvalue weighted by Gasteiger charge is 2.43. The van der Waals surface area contributed by atoms with Crippen molar-refractivity contribution in [3.63, 3.8) is 0 Å². The first-order valence-electron chi connectivity index (χ1n) is 9.83. The molecule has 2 amide bonds. The smallest absolute Gasteiger partial charge is 0.255 e. The number of amides is 2. The number of benzene rings is 3. The van der Waals surface area contributed by atoms with Gasteiger partial charge in [0.15, 0.2) is 0 Å². The van der Waals surface area contributed by atoms with E-state index < -0.39 is 6.04 Å². The van der Waals surface area contributed by atoms with Crippen LogP contribution in [0, 0.1) is 11.3 Å². The van der Waals surface area contributed by atoms with Crippen LogP contribution in [0.4, 0.5) is 0 Å². The van der Waals surface area contributed by atoms with Gasteiger partial charge in [0.2, 0.25) is 5.91 Å². The fourth-order valence-corrected chi connectivity index (χ4v) is 3.90. The van der Waals surface area contributed by atoms with Crippen LogP contribution in [0.2, 0.25) is 0 Å². The van der Waals surface area contributed by atoms with E-state index in [1.165, 1.54) is 0 Å². The summed E-state index contributed by atoms with van der Waals surface area (Å²) in [5.41, 5.74) is 3.38. The van der Waals surface area contributed by atoms with E-state index in [4.69, 9.17) is 0 Å². The summed E-state index contributed by atoms with van der Waals surface area (Å²) in [6.45, 7) is 2.30. The third-order valence-corrected chi connectivity index (χ3v) is 5.48. The molecule has 30 heavy (non-hydrogen) atoms. The van der Waals surface area contributed by atoms with E-state index >= 15 is 0 Å². The van der Waals surface area contributed by atoms with Crippen LogP contribution in [0.25, 0.3) is 0 Å². The Bertz CT molecular complexity index is 1120. The van der Waals surface area contributed by atoms with E-state index in [1.54, 1.807) is 23.1 Å². The molecular weight excluding hydrogens is 374 g/mol. The van der Waals surface area contributed by atoms with Crippen molar-refractivity contribution < 1.29 is 9.59 Å². The molecule has 3 aromatic rings. The molecule has 1 unspecified atom stereocenters. The van der Waals surface area contributed by atoms with Crippen LogP contribution >= 0.6 is 0 Å². The predicted molar refractivity (Wildman–Crippen MR) is 113 cm³/mol. The van der Waals surface area contributed by atoms with Gasteiger partial charge < -0.3 is 10.2 Å². The molecule has 5 heteroatoms. The van der Waals surface area contributed by atoms with Crippen molar-refractivity contribution in [2.24, 2.45) is 0 Å². The Labute approximate surface area is 175 Å². The standard InChI is InChI=1S/C25H21N3O2/c1-17(20-10-6-3-7-11-20)28-23(24(29)27-16-18-8-4-2-5-9-18)21-13-12-19(15-26)14-22(21)25(28)30/h2-14,17,23H,16H2,1H3,(H,27,29)/t17?,23-/m1/s1. The zero-order valence-electron chi connectivity index (χ0n) is 16.6. The maximum Gasteiger partial charge on any atom is 0.255 e. The molecule has 0 aliphatic carbocycles. The summed E-state index contributed by atoms with van der Waals surface area (Å²) < 4.78 is 0. The molecule has 3 aromatic carbocycles. The Hall–Kier alpha value is -3.91. The van der Waals surface area contributed by atoms with Gasteiger partial charge in [0, 0.05) is 12.1 Å². The number of fused-ring (bicyclic) bond motifs is 1. The molecular formula is C25H21N3O2. The van der Waals surface area contributed by atoms with Gasteiger partial charge in [-0.15, -0.1) is 0 Å². The first-order chi connectivity index (χ1) is 14.6. The second-order valence-electron chi connectivity index (χ2n) is 7.32. The van der Waals surface area contributed by atoms with Crippen LogP contribution in [0.3, 0.4) is 0 Å². The maximum absolute atomic E-state index is 13.3. The number of rotatable bonds is 5. The van der Waals surface area contributed by atoms with Gasteiger partial charge in [-0.05, 0) is 35.7 Å². The average molecular weight is 395 g/mol. The molecule has 0 aromatic heterocycles. The van der Waals surface area contributed by atoms with Crippen molar-refractivity contribution in [1.82, 2.24) is 10.2 Å². The van der Waals surface area contributed by atoms with E-state index in [2.05, 4.69) is 11.4 Å². The van der Waals surface area contributed by atoms with Gasteiger partial charge >= 0.3 is 0 Å². The molecule has 1 aliphatic rings. The molecule has 0 bridgehead atoms. The molecule has 1 N–H and O–H groups in total. The van der Waals surface area contributed by atoms with E-state index in [0.29, 0.717) is 23.2 Å². The lowest BCUT2D eigenvalue weighted by molar-refractivity contribution is -0.126. The second-order valence-corrected chi connectivity index (χ2v) is 7.32. The lowest BCUT2D eigenvalue weighted by atomic mass is 10.0. The number of carbonyl (C=O) groups excluding carboxylic acids is 2. The van der Waals surface area contributed by atoms with Gasteiger partial charge in [-0.3, -0.25) is 9.59 Å². The molecule has 0 saturated heterocycles. The second kappa shape index (κ2) is 8.22. The molecule has 0 fully saturated rings. The van der Waals surface area contributed by atoms with Crippen LogP contribution < -0.4 is 5.32 Å². The number of nitrogens with one attached hydrogen (secondary N) is 1. The first kappa shape index (κ1) is 19.4. The quantitative estimate of drug-likeness (QED) is 0.706. The Morgan fingerprint density at radius 3 is 2.40 bits per heavy atom. The first-order valence-corrected chi connectivity index (χ1v) is 9.83. The maximum atomic E-state index is 13.3. The predicted octanol–water partition coefficient (Wildman–Crippen LogP) is 4.13. The highest BCUT2D eigenvalue weighted by molar-refractivity contribution is 6.05. The SMILES string of the molecule is CC(c1ccccc1)N1C(=O)c2cc(C#N)ccc2[C@@H]1C(=O)NCc1ccccc1. The van der Waals surface area contributed by atoms with E-state index in [1.807, 2.05) is 67.6 Å². The largest absolute Gasteiger partial charge is 0.350 e. The van der Waals surface area contributed by atoms with Crippen molar-refractivity contribution in [2.75, 3.05) is 0 Å². The van der Waals surface area contributed by atoms with Crippen molar-refractivity contribution in [1.29, 1.82) is 5.26 Å². The Balaban J connectivity index is 1.69. The van der Waals surface area contributed by atoms with Gasteiger partial charge in [0.25, 0.3) is 5.91 Å². The van der Waals surface area contributed by atoms with E-state index in [-0.39, 0.29) is 17.9 Å². The summed E-state index contributed by atoms with van der Waals surface area (Å²) in [5.74, 6) is -0.475. The summed E-state index contributed by atoms with van der Waals surface area (Å²) in [5, 5.41) is 12.2. The van der Waals surface area contributed by atoms with E-state index in [9.17, 15) is 14.9 Å². The molecule has 4 rings (SSSR count). The lowest BCUT2D eigenvalue weighted by Crippen LogP contribution is -2.40. The summed E-state index contributed by atoms with van der Waals surface area (Å²) in [6.07, 6.45) is 0. The molecule has 148 valence electrons. The third-order valence-electron chi connectivity index (χ3n) is 5.48. The van der Waals surface area contributed by atoms with Crippen molar-refractivity contribution in [3.05, 3.63) is 107 Å². The minimum absolute atomic E-state index is 0.238. The summed E-state index contributed by atoms with van der Waals surface area (Å²) >= 11 is 0. The van der Waals surface area contributed by atoms with Crippen LogP contribution in [0.1, 0.15) is 51.6 Å². The summed E-state index contributed by atoms with van der Waals surface area (Å²) in [7, 11) is 0. The lowest BCUT2D eigenvalue weighted by Gasteiger charge is -2.31. The van der Waals surface area contributed by atoms with Gasteiger partial charge in [0.05, 0.1) is 17.7 Å². The highest BCUT2D eigenvalue weighted by atomic mass is 16.2. The molecule has 1 aliphatic heterocycles. The van der Waals surface area contributed by atoms with Crippen molar-refractivity contribution in [2.45, 2.75) is 25.6 Å². The van der Waals surface area contributed by atoms with Gasteiger partial charge in [-0.1, -0.05) is 66.7 Å². The molecule has 0 spiro atoms. The molecule has 2 atom stereocenters. The third kappa shape index (κ3) is 3.56. The fraction of sp³-hybridized carbons (Fsp3) is 0.160. The number of hydrogen-bond donors (Lipinski definition) is 1. The van der Waals surface area contributed by atoms with Gasteiger partial charge in [-0.25, -0.2) is 0 Å². The normalized spacial score (nSPS) is 15.9. The summed E-state index contributed by atoms with van der Waals surface area (Å²) in [4.78, 5) is 28.2. The molecule has 1 heterocycles. The topological polar surface area (TPSA) is 73.2 Å². The molecule has 0 saturated carbocycles. The van der Waals surface area contributed by atoms with Crippen LogP contribution in [0.15, 0.2) is 78.9 Å². The van der Waals surface area contributed by atoms with E-state index in [0.717, 1.165) is 11.1 Å². The average Bonchev–Trinajstić information content (AvgIpc) is 3.10. The highest BCUT2D eigenvalue weighted by Crippen LogP contribution is 2.40. The zero-order chi connectivity index (χ0) is 21.1. The molecule has 5 nitrogen and oxygen atoms in total. The number of hydrogen-bond acceptors (Lipinski definition) is 3. The summed E-state index contributed by atoms with van der Waals surface area (Å²) in [6, 6.07) is 25.3. The minimum atomic E-state index is -0.751. The monoisotopic (exact) mass is 395 g/mol. The van der Waals surface area contributed by atoms with Crippen LogP contribution in [-0.4, -0.2) is 16.7 Å². The minimum Gasteiger partial charge on any atom is -0.350 e. The fourth-order valence-electron chi connectivity index (χ4n) is 3.90. The number of nitrogens with zero attached hydrogens (tertiary/aromatic N) is 2. The Morgan fingerprint density at radius 1 is 1.07 bits per heavy atom. The van der Waals surface area contributed by atoms with Gasteiger partial charge in [-0.2, -0.15) is 5.26 Å². The Kier molecular flexibility index (Phi) is 5.32.